The van der Waals surface area contributed by atoms with Crippen molar-refractivity contribution in [2.24, 2.45) is 0 Å². The van der Waals surface area contributed by atoms with Crippen LogP contribution >= 0.6 is 11.8 Å². The first-order valence-corrected chi connectivity index (χ1v) is 10.7. The van der Waals surface area contributed by atoms with Gasteiger partial charge >= 0.3 is 5.51 Å². The number of benzene rings is 2. The Hall–Kier alpha value is -2.11. The number of carbonyl (C=O) groups excluding carboxylic acids is 1. The van der Waals surface area contributed by atoms with Gasteiger partial charge < -0.3 is 4.90 Å². The number of hydrogen-bond acceptors (Lipinski definition) is 4. The maximum Gasteiger partial charge on any atom is 0.446 e. The summed E-state index contributed by atoms with van der Waals surface area (Å²) < 4.78 is 77.3. The number of alkyl halides is 3. The minimum atomic E-state index is -4.41. The highest BCUT2D eigenvalue weighted by molar-refractivity contribution is 8.00. The molecule has 11 heteroatoms. The number of carbonyl (C=O) groups is 1. The molecule has 29 heavy (non-hydrogen) atoms. The van der Waals surface area contributed by atoms with E-state index in [0.717, 1.165) is 10.4 Å². The third-order valence-corrected chi connectivity index (χ3v) is 6.99. The summed E-state index contributed by atoms with van der Waals surface area (Å²) in [6, 6.07) is 10.1. The first kappa shape index (κ1) is 21.6. The molecule has 2 aromatic rings. The molecule has 0 aliphatic carbocycles. The lowest BCUT2D eigenvalue weighted by Crippen LogP contribution is -2.50. The number of thioether (sulfide) groups is 1. The summed E-state index contributed by atoms with van der Waals surface area (Å²) in [5, 5.41) is 0. The van der Waals surface area contributed by atoms with Crippen LogP contribution in [0, 0.1) is 5.82 Å². The van der Waals surface area contributed by atoms with Crippen LogP contribution in [-0.2, 0) is 10.0 Å². The highest BCUT2D eigenvalue weighted by Crippen LogP contribution is 2.36. The molecule has 0 N–H and O–H groups in total. The van der Waals surface area contributed by atoms with Gasteiger partial charge in [0.25, 0.3) is 5.91 Å². The second-order valence-corrected chi connectivity index (χ2v) is 9.24. The van der Waals surface area contributed by atoms with Crippen LogP contribution in [-0.4, -0.2) is 55.2 Å². The molecule has 156 valence electrons. The average Bonchev–Trinajstić information content (AvgIpc) is 2.67. The van der Waals surface area contributed by atoms with Gasteiger partial charge in [-0.3, -0.25) is 4.79 Å². The van der Waals surface area contributed by atoms with E-state index < -0.39 is 32.2 Å². The van der Waals surface area contributed by atoms with E-state index in [0.29, 0.717) is 0 Å². The van der Waals surface area contributed by atoms with Crippen LogP contribution in [0.2, 0.25) is 0 Å². The number of sulfonamides is 1. The van der Waals surface area contributed by atoms with Crippen LogP contribution < -0.4 is 0 Å². The fourth-order valence-electron chi connectivity index (χ4n) is 2.91. The number of rotatable bonds is 4. The fraction of sp³-hybridized carbons (Fsp3) is 0.278. The third-order valence-electron chi connectivity index (χ3n) is 4.32. The minimum absolute atomic E-state index is 0.00951. The Morgan fingerprint density at radius 2 is 1.52 bits per heavy atom. The molecule has 1 saturated heterocycles. The zero-order valence-electron chi connectivity index (χ0n) is 14.9. The minimum Gasteiger partial charge on any atom is -0.336 e. The molecule has 0 radical (unpaired) electrons. The van der Waals surface area contributed by atoms with E-state index in [1.54, 1.807) is 0 Å². The first-order valence-electron chi connectivity index (χ1n) is 8.48. The van der Waals surface area contributed by atoms with Gasteiger partial charge in [-0.15, -0.1) is 0 Å². The Bertz CT molecular complexity index is 987. The van der Waals surface area contributed by atoms with E-state index in [4.69, 9.17) is 0 Å². The van der Waals surface area contributed by atoms with E-state index in [-0.39, 0.29) is 48.4 Å². The molecule has 5 nitrogen and oxygen atoms in total. The topological polar surface area (TPSA) is 57.7 Å². The lowest BCUT2D eigenvalue weighted by atomic mass is 10.2. The van der Waals surface area contributed by atoms with Gasteiger partial charge in [-0.1, -0.05) is 12.1 Å². The summed E-state index contributed by atoms with van der Waals surface area (Å²) in [6.45, 7) is 0.159. The number of piperazine rings is 1. The zero-order chi connectivity index (χ0) is 21.2. The lowest BCUT2D eigenvalue weighted by molar-refractivity contribution is -0.0328. The highest BCUT2D eigenvalue weighted by atomic mass is 32.2. The number of amides is 1. The maximum atomic E-state index is 13.9. The molecular formula is C18H16F4N2O3S2. The van der Waals surface area contributed by atoms with Gasteiger partial charge in [0.05, 0.1) is 0 Å². The van der Waals surface area contributed by atoms with Gasteiger partial charge in [0.1, 0.15) is 10.7 Å². The van der Waals surface area contributed by atoms with Crippen molar-refractivity contribution in [3.8, 4) is 0 Å². The van der Waals surface area contributed by atoms with Crippen molar-refractivity contribution in [1.82, 2.24) is 9.21 Å². The molecule has 0 aromatic heterocycles. The van der Waals surface area contributed by atoms with Crippen LogP contribution in [0.5, 0.6) is 0 Å². The highest BCUT2D eigenvalue weighted by Gasteiger charge is 2.32. The molecule has 1 heterocycles. The molecule has 1 fully saturated rings. The molecule has 0 bridgehead atoms. The predicted molar refractivity (Wildman–Crippen MR) is 99.4 cm³/mol. The summed E-state index contributed by atoms with van der Waals surface area (Å²) in [7, 11) is -4.02. The summed E-state index contributed by atoms with van der Waals surface area (Å²) in [5.74, 6) is -1.25. The Balaban J connectivity index is 1.65. The van der Waals surface area contributed by atoms with Crippen molar-refractivity contribution in [3.63, 3.8) is 0 Å². The normalized spacial score (nSPS) is 16.1. The van der Waals surface area contributed by atoms with E-state index in [9.17, 15) is 30.8 Å². The van der Waals surface area contributed by atoms with E-state index in [2.05, 4.69) is 0 Å². The predicted octanol–water partition coefficient (Wildman–Crippen LogP) is 3.58. The Kier molecular flexibility index (Phi) is 6.20. The van der Waals surface area contributed by atoms with E-state index in [1.165, 1.54) is 47.4 Å². The second kappa shape index (κ2) is 8.33. The summed E-state index contributed by atoms with van der Waals surface area (Å²) in [5.41, 5.74) is -4.20. The zero-order valence-corrected chi connectivity index (χ0v) is 16.5. The molecule has 1 aliphatic heterocycles. The fourth-order valence-corrected chi connectivity index (χ4v) is 4.93. The van der Waals surface area contributed by atoms with Crippen LogP contribution in [0.25, 0.3) is 0 Å². The number of nitrogens with zero attached hydrogens (tertiary/aromatic N) is 2. The Labute approximate surface area is 169 Å². The third kappa shape index (κ3) is 5.09. The average molecular weight is 448 g/mol. The molecule has 0 saturated carbocycles. The Morgan fingerprint density at radius 1 is 0.931 bits per heavy atom. The molecule has 1 aliphatic rings. The van der Waals surface area contributed by atoms with Crippen molar-refractivity contribution in [1.29, 1.82) is 0 Å². The molecular weight excluding hydrogens is 432 g/mol. The molecule has 0 spiro atoms. The summed E-state index contributed by atoms with van der Waals surface area (Å²) in [4.78, 5) is 13.5. The molecule has 2 aromatic carbocycles. The SMILES string of the molecule is O=C(c1ccc(SC(F)(F)F)cc1)N1CCN(S(=O)(=O)c2ccccc2F)CC1. The standard InChI is InChI=1S/C18H16F4N2O3S2/c19-15-3-1-2-4-16(15)29(26,27)24-11-9-23(10-12-24)17(25)13-5-7-14(8-6-13)28-18(20,21)22/h1-8H,9-12H2. The van der Waals surface area contributed by atoms with Crippen molar-refractivity contribution in [3.05, 3.63) is 59.9 Å². The quantitative estimate of drug-likeness (QED) is 0.530. The number of halogens is 4. The van der Waals surface area contributed by atoms with Crippen molar-refractivity contribution in [2.75, 3.05) is 26.2 Å². The van der Waals surface area contributed by atoms with E-state index in [1.807, 2.05) is 0 Å². The summed E-state index contributed by atoms with van der Waals surface area (Å²) >= 11 is -0.270. The molecule has 1 amide bonds. The van der Waals surface area contributed by atoms with Gasteiger partial charge in [-0.2, -0.15) is 17.5 Å². The first-order chi connectivity index (χ1) is 13.6. The smallest absolute Gasteiger partial charge is 0.336 e. The molecule has 0 unspecified atom stereocenters. The van der Waals surface area contributed by atoms with Gasteiger partial charge in [0.2, 0.25) is 10.0 Å². The molecule has 0 atom stereocenters. The maximum absolute atomic E-state index is 13.9. The van der Waals surface area contributed by atoms with Crippen molar-refractivity contribution < 1.29 is 30.8 Å². The second-order valence-electron chi connectivity index (χ2n) is 6.20. The van der Waals surface area contributed by atoms with Crippen LogP contribution in [0.3, 0.4) is 0 Å². The summed E-state index contributed by atoms with van der Waals surface area (Å²) in [6.07, 6.45) is 0. The largest absolute Gasteiger partial charge is 0.446 e. The van der Waals surface area contributed by atoms with Crippen LogP contribution in [0.1, 0.15) is 10.4 Å². The van der Waals surface area contributed by atoms with Gasteiger partial charge in [0.15, 0.2) is 0 Å². The Morgan fingerprint density at radius 3 is 2.07 bits per heavy atom. The van der Waals surface area contributed by atoms with E-state index >= 15 is 0 Å². The van der Waals surface area contributed by atoms with Gasteiger partial charge in [0, 0.05) is 36.6 Å². The monoisotopic (exact) mass is 448 g/mol. The van der Waals surface area contributed by atoms with Crippen LogP contribution in [0.4, 0.5) is 17.6 Å². The lowest BCUT2D eigenvalue weighted by Gasteiger charge is -2.34. The van der Waals surface area contributed by atoms with Crippen molar-refractivity contribution >= 4 is 27.7 Å². The van der Waals surface area contributed by atoms with Crippen molar-refractivity contribution in [2.45, 2.75) is 15.3 Å². The molecule has 3 rings (SSSR count). The number of hydrogen-bond donors (Lipinski definition) is 0. The van der Waals surface area contributed by atoms with Gasteiger partial charge in [-0.05, 0) is 48.2 Å². The van der Waals surface area contributed by atoms with Gasteiger partial charge in [-0.25, -0.2) is 12.8 Å². The van der Waals surface area contributed by atoms with Crippen LogP contribution in [0.15, 0.2) is 58.3 Å².